The molecule has 0 aliphatic carbocycles. The first-order valence-electron chi connectivity index (χ1n) is 10.7. The Morgan fingerprint density at radius 1 is 0.935 bits per heavy atom. The van der Waals surface area contributed by atoms with E-state index >= 15 is 0 Å². The molecule has 1 heterocycles. The van der Waals surface area contributed by atoms with Gasteiger partial charge in [0, 0.05) is 17.0 Å². The van der Waals surface area contributed by atoms with Gasteiger partial charge in [-0.2, -0.15) is 0 Å². The SMILES string of the molecule is COc1ccc(-c2cnoc2-c2ccc(OC(C)C)cc2OCCCCCCBr)cc1. The zero-order chi connectivity index (χ0) is 22.1. The van der Waals surface area contributed by atoms with Gasteiger partial charge in [-0.25, -0.2) is 0 Å². The van der Waals surface area contributed by atoms with Gasteiger partial charge in [0.05, 0.1) is 31.6 Å². The normalized spacial score (nSPS) is 11.0. The molecule has 0 saturated carbocycles. The molecule has 0 bridgehead atoms. The monoisotopic (exact) mass is 487 g/mol. The molecule has 0 spiro atoms. The Balaban J connectivity index is 1.86. The zero-order valence-electron chi connectivity index (χ0n) is 18.4. The van der Waals surface area contributed by atoms with Gasteiger partial charge in [-0.15, -0.1) is 0 Å². The highest BCUT2D eigenvalue weighted by Gasteiger charge is 2.18. The number of nitrogens with zero attached hydrogens (tertiary/aromatic N) is 1. The number of benzene rings is 2. The number of hydrogen-bond donors (Lipinski definition) is 0. The molecule has 0 N–H and O–H groups in total. The minimum atomic E-state index is 0.0862. The lowest BCUT2D eigenvalue weighted by atomic mass is 10.0. The van der Waals surface area contributed by atoms with Crippen molar-refractivity contribution in [2.24, 2.45) is 0 Å². The maximum absolute atomic E-state index is 6.19. The Labute approximate surface area is 192 Å². The molecule has 0 unspecified atom stereocenters. The first-order chi connectivity index (χ1) is 15.1. The molecule has 0 fully saturated rings. The first kappa shape index (κ1) is 23.2. The third kappa shape index (κ3) is 6.50. The highest BCUT2D eigenvalue weighted by atomic mass is 79.9. The van der Waals surface area contributed by atoms with Gasteiger partial charge in [0.2, 0.25) is 0 Å². The molecule has 2 aromatic carbocycles. The number of halogens is 1. The third-order valence-electron chi connectivity index (χ3n) is 4.83. The number of unbranched alkanes of at least 4 members (excludes halogenated alkanes) is 3. The summed E-state index contributed by atoms with van der Waals surface area (Å²) in [5.41, 5.74) is 2.77. The summed E-state index contributed by atoms with van der Waals surface area (Å²) in [6.45, 7) is 4.67. The molecule has 6 heteroatoms. The molecular weight excluding hydrogens is 458 g/mol. The molecule has 3 rings (SSSR count). The van der Waals surface area contributed by atoms with Crippen molar-refractivity contribution in [2.45, 2.75) is 45.6 Å². The number of methoxy groups -OCH3 is 1. The summed E-state index contributed by atoms with van der Waals surface area (Å²) in [7, 11) is 1.66. The summed E-state index contributed by atoms with van der Waals surface area (Å²) >= 11 is 3.48. The number of rotatable bonds is 12. The van der Waals surface area contributed by atoms with Gasteiger partial charge in [0.25, 0.3) is 0 Å². The molecule has 166 valence electrons. The van der Waals surface area contributed by atoms with E-state index < -0.39 is 0 Å². The quantitative estimate of drug-likeness (QED) is 0.200. The van der Waals surface area contributed by atoms with E-state index in [-0.39, 0.29) is 6.10 Å². The summed E-state index contributed by atoms with van der Waals surface area (Å²) < 4.78 is 23.0. The average molecular weight is 488 g/mol. The van der Waals surface area contributed by atoms with E-state index in [2.05, 4.69) is 21.1 Å². The fourth-order valence-corrected chi connectivity index (χ4v) is 3.69. The molecule has 31 heavy (non-hydrogen) atoms. The molecule has 0 aliphatic heterocycles. The maximum Gasteiger partial charge on any atom is 0.178 e. The van der Waals surface area contributed by atoms with Crippen LogP contribution in [-0.4, -0.2) is 30.3 Å². The topological polar surface area (TPSA) is 53.7 Å². The minimum absolute atomic E-state index is 0.0862. The van der Waals surface area contributed by atoms with Crippen LogP contribution in [0.2, 0.25) is 0 Å². The van der Waals surface area contributed by atoms with Crippen LogP contribution in [0.3, 0.4) is 0 Å². The molecule has 5 nitrogen and oxygen atoms in total. The van der Waals surface area contributed by atoms with E-state index in [9.17, 15) is 0 Å². The molecular formula is C25H30BrNO4. The molecule has 0 radical (unpaired) electrons. The number of alkyl halides is 1. The van der Waals surface area contributed by atoms with Crippen molar-refractivity contribution < 1.29 is 18.7 Å². The highest BCUT2D eigenvalue weighted by molar-refractivity contribution is 9.09. The maximum atomic E-state index is 6.19. The van der Waals surface area contributed by atoms with Gasteiger partial charge < -0.3 is 18.7 Å². The lowest BCUT2D eigenvalue weighted by molar-refractivity contribution is 0.239. The van der Waals surface area contributed by atoms with Crippen molar-refractivity contribution in [3.63, 3.8) is 0 Å². The van der Waals surface area contributed by atoms with Gasteiger partial charge in [0.1, 0.15) is 17.2 Å². The van der Waals surface area contributed by atoms with E-state index in [1.165, 1.54) is 12.8 Å². The van der Waals surface area contributed by atoms with Crippen LogP contribution in [0.25, 0.3) is 22.5 Å². The van der Waals surface area contributed by atoms with E-state index in [0.717, 1.165) is 52.1 Å². The van der Waals surface area contributed by atoms with Crippen molar-refractivity contribution in [3.05, 3.63) is 48.7 Å². The third-order valence-corrected chi connectivity index (χ3v) is 5.39. The summed E-state index contributed by atoms with van der Waals surface area (Å²) in [4.78, 5) is 0. The largest absolute Gasteiger partial charge is 0.497 e. The number of hydrogen-bond acceptors (Lipinski definition) is 5. The van der Waals surface area contributed by atoms with Gasteiger partial charge in [-0.05, 0) is 56.5 Å². The molecule has 0 amide bonds. The van der Waals surface area contributed by atoms with Crippen LogP contribution in [0, 0.1) is 0 Å². The van der Waals surface area contributed by atoms with Crippen LogP contribution in [0.1, 0.15) is 39.5 Å². The molecule has 1 aromatic heterocycles. The highest BCUT2D eigenvalue weighted by Crippen LogP contribution is 2.39. The van der Waals surface area contributed by atoms with Crippen LogP contribution in [0.15, 0.2) is 53.2 Å². The van der Waals surface area contributed by atoms with E-state index in [0.29, 0.717) is 12.4 Å². The molecule has 3 aromatic rings. The van der Waals surface area contributed by atoms with E-state index in [4.69, 9.17) is 18.7 Å². The number of ether oxygens (including phenoxy) is 3. The Kier molecular flexibility index (Phi) is 8.83. The van der Waals surface area contributed by atoms with E-state index in [1.807, 2.05) is 56.3 Å². The lowest BCUT2D eigenvalue weighted by Gasteiger charge is -2.15. The van der Waals surface area contributed by atoms with Crippen molar-refractivity contribution in [1.82, 2.24) is 5.16 Å². The van der Waals surface area contributed by atoms with Gasteiger partial charge in [0.15, 0.2) is 5.76 Å². The van der Waals surface area contributed by atoms with Crippen molar-refractivity contribution >= 4 is 15.9 Å². The van der Waals surface area contributed by atoms with E-state index in [1.54, 1.807) is 13.3 Å². The zero-order valence-corrected chi connectivity index (χ0v) is 20.0. The van der Waals surface area contributed by atoms with Gasteiger partial charge in [-0.3, -0.25) is 0 Å². The standard InChI is InChI=1S/C25H30BrNO4/c1-18(2)30-21-12-13-22(24(16-21)29-15-7-5-4-6-14-26)25-23(17-27-31-25)19-8-10-20(28-3)11-9-19/h8-13,16-18H,4-7,14-15H2,1-3H3. The summed E-state index contributed by atoms with van der Waals surface area (Å²) in [6.07, 6.45) is 6.35. The summed E-state index contributed by atoms with van der Waals surface area (Å²) in [5.74, 6) is 3.00. The van der Waals surface area contributed by atoms with Gasteiger partial charge >= 0.3 is 0 Å². The summed E-state index contributed by atoms with van der Waals surface area (Å²) in [6, 6.07) is 13.7. The first-order valence-corrected chi connectivity index (χ1v) is 11.8. The smallest absolute Gasteiger partial charge is 0.178 e. The fourth-order valence-electron chi connectivity index (χ4n) is 3.30. The van der Waals surface area contributed by atoms with Crippen molar-refractivity contribution in [1.29, 1.82) is 0 Å². The Bertz CT molecular complexity index is 937. The molecule has 0 atom stereocenters. The second-order valence-electron chi connectivity index (χ2n) is 7.57. The second-order valence-corrected chi connectivity index (χ2v) is 8.37. The lowest BCUT2D eigenvalue weighted by Crippen LogP contribution is -2.06. The summed E-state index contributed by atoms with van der Waals surface area (Å²) in [5, 5.41) is 5.11. The second kappa shape index (κ2) is 11.8. The van der Waals surface area contributed by atoms with Crippen LogP contribution in [-0.2, 0) is 0 Å². The average Bonchev–Trinajstić information content (AvgIpc) is 3.25. The predicted octanol–water partition coefficient (Wildman–Crippen LogP) is 7.14. The van der Waals surface area contributed by atoms with Crippen molar-refractivity contribution in [3.8, 4) is 39.7 Å². The van der Waals surface area contributed by atoms with Crippen LogP contribution < -0.4 is 14.2 Å². The van der Waals surface area contributed by atoms with Crippen molar-refractivity contribution in [2.75, 3.05) is 19.0 Å². The van der Waals surface area contributed by atoms with Crippen LogP contribution in [0.5, 0.6) is 17.2 Å². The fraction of sp³-hybridized carbons (Fsp3) is 0.400. The van der Waals surface area contributed by atoms with Crippen LogP contribution >= 0.6 is 15.9 Å². The Morgan fingerprint density at radius 3 is 2.39 bits per heavy atom. The molecule has 0 aliphatic rings. The van der Waals surface area contributed by atoms with Crippen LogP contribution in [0.4, 0.5) is 0 Å². The minimum Gasteiger partial charge on any atom is -0.497 e. The Morgan fingerprint density at radius 2 is 1.68 bits per heavy atom. The number of aromatic nitrogens is 1. The molecule has 0 saturated heterocycles. The van der Waals surface area contributed by atoms with Gasteiger partial charge in [-0.1, -0.05) is 46.1 Å². The Hall–Kier alpha value is -2.47. The predicted molar refractivity (Wildman–Crippen MR) is 127 cm³/mol.